The maximum Gasteiger partial charge on any atom is 0.410 e. The van der Waals surface area contributed by atoms with Gasteiger partial charge in [0.1, 0.15) is 12.4 Å². The Morgan fingerprint density at radius 2 is 2.11 bits per heavy atom. The number of rotatable bonds is 3. The van der Waals surface area contributed by atoms with E-state index in [1.807, 2.05) is 25.1 Å². The summed E-state index contributed by atoms with van der Waals surface area (Å²) in [5, 5.41) is 3.20. The second kappa shape index (κ2) is 6.43. The molecular weight excluding hydrogens is 244 g/mol. The fraction of sp³-hybridized carbons (Fsp3) is 0.500. The van der Waals surface area contributed by atoms with Crippen LogP contribution in [0.3, 0.4) is 0 Å². The third kappa shape index (κ3) is 3.61. The molecule has 1 fully saturated rings. The van der Waals surface area contributed by atoms with E-state index in [1.165, 1.54) is 0 Å². The largest absolute Gasteiger partial charge is 0.496 e. The Labute approximate surface area is 113 Å². The third-order valence-corrected chi connectivity index (χ3v) is 3.20. The van der Waals surface area contributed by atoms with Gasteiger partial charge < -0.3 is 19.7 Å². The van der Waals surface area contributed by atoms with Crippen molar-refractivity contribution in [3.8, 4) is 5.75 Å². The van der Waals surface area contributed by atoms with Crippen LogP contribution in [0.25, 0.3) is 0 Å². The van der Waals surface area contributed by atoms with Crippen molar-refractivity contribution in [2.45, 2.75) is 13.5 Å². The number of amides is 1. The molecular formula is C14H20N2O3. The maximum atomic E-state index is 11.8. The lowest BCUT2D eigenvalue weighted by molar-refractivity contribution is 0.0918. The highest BCUT2D eigenvalue weighted by molar-refractivity contribution is 5.67. The van der Waals surface area contributed by atoms with Gasteiger partial charge in [0, 0.05) is 26.2 Å². The van der Waals surface area contributed by atoms with E-state index < -0.39 is 0 Å². The summed E-state index contributed by atoms with van der Waals surface area (Å²) in [7, 11) is 1.65. The molecule has 0 radical (unpaired) electrons. The van der Waals surface area contributed by atoms with Crippen molar-refractivity contribution in [1.82, 2.24) is 10.2 Å². The monoisotopic (exact) mass is 264 g/mol. The third-order valence-electron chi connectivity index (χ3n) is 3.20. The molecule has 0 unspecified atom stereocenters. The van der Waals surface area contributed by atoms with Crippen molar-refractivity contribution in [3.63, 3.8) is 0 Å². The number of nitrogens with zero attached hydrogens (tertiary/aromatic N) is 1. The van der Waals surface area contributed by atoms with E-state index >= 15 is 0 Å². The van der Waals surface area contributed by atoms with Gasteiger partial charge in [-0.15, -0.1) is 0 Å². The number of carbonyl (C=O) groups is 1. The Kier molecular flexibility index (Phi) is 4.63. The molecule has 1 aliphatic rings. The van der Waals surface area contributed by atoms with Crippen LogP contribution in [0.4, 0.5) is 4.79 Å². The summed E-state index contributed by atoms with van der Waals surface area (Å²) in [6, 6.07) is 5.78. The van der Waals surface area contributed by atoms with Gasteiger partial charge in [-0.1, -0.05) is 6.07 Å². The molecule has 1 N–H and O–H groups in total. The molecule has 1 saturated heterocycles. The summed E-state index contributed by atoms with van der Waals surface area (Å²) in [5.41, 5.74) is 2.01. The van der Waals surface area contributed by atoms with E-state index in [0.717, 1.165) is 30.0 Å². The van der Waals surface area contributed by atoms with E-state index in [-0.39, 0.29) is 6.09 Å². The fourth-order valence-corrected chi connectivity index (χ4v) is 2.11. The van der Waals surface area contributed by atoms with Gasteiger partial charge in [0.25, 0.3) is 0 Å². The van der Waals surface area contributed by atoms with Gasteiger partial charge >= 0.3 is 6.09 Å². The number of aryl methyl sites for hydroxylation is 1. The number of hydrogen-bond acceptors (Lipinski definition) is 4. The Balaban J connectivity index is 1.87. The van der Waals surface area contributed by atoms with Gasteiger partial charge in [0.05, 0.1) is 7.11 Å². The van der Waals surface area contributed by atoms with Crippen molar-refractivity contribution in [1.29, 1.82) is 0 Å². The molecule has 5 heteroatoms. The molecule has 5 nitrogen and oxygen atoms in total. The van der Waals surface area contributed by atoms with Gasteiger partial charge in [-0.3, -0.25) is 0 Å². The first-order chi connectivity index (χ1) is 9.20. The minimum Gasteiger partial charge on any atom is -0.496 e. The molecule has 1 amide bonds. The number of ether oxygens (including phenoxy) is 2. The smallest absolute Gasteiger partial charge is 0.410 e. The van der Waals surface area contributed by atoms with Gasteiger partial charge in [-0.05, 0) is 30.2 Å². The molecule has 19 heavy (non-hydrogen) atoms. The van der Waals surface area contributed by atoms with E-state index in [0.29, 0.717) is 19.7 Å². The second-order valence-corrected chi connectivity index (χ2v) is 4.60. The lowest BCUT2D eigenvalue weighted by Gasteiger charge is -2.26. The SMILES string of the molecule is COc1ccc(COC(=O)N2CCNCC2)cc1C. The first-order valence-corrected chi connectivity index (χ1v) is 6.46. The first kappa shape index (κ1) is 13.7. The normalized spacial score (nSPS) is 15.2. The molecule has 1 aromatic carbocycles. The Bertz CT molecular complexity index is 442. The molecule has 1 aromatic rings. The predicted octanol–water partition coefficient (Wildman–Crippen LogP) is 1.55. The number of benzene rings is 1. The van der Waals surface area contributed by atoms with Crippen LogP contribution in [-0.4, -0.2) is 44.3 Å². The van der Waals surface area contributed by atoms with Crippen LogP contribution < -0.4 is 10.1 Å². The molecule has 104 valence electrons. The topological polar surface area (TPSA) is 50.8 Å². The van der Waals surface area contributed by atoms with Crippen molar-refractivity contribution in [2.75, 3.05) is 33.3 Å². The average molecular weight is 264 g/mol. The zero-order chi connectivity index (χ0) is 13.7. The number of hydrogen-bond donors (Lipinski definition) is 1. The summed E-state index contributed by atoms with van der Waals surface area (Å²) >= 11 is 0. The molecule has 0 saturated carbocycles. The zero-order valence-electron chi connectivity index (χ0n) is 11.4. The Morgan fingerprint density at radius 1 is 1.37 bits per heavy atom. The van der Waals surface area contributed by atoms with E-state index in [1.54, 1.807) is 12.0 Å². The lowest BCUT2D eigenvalue weighted by atomic mass is 10.1. The Hall–Kier alpha value is -1.75. The van der Waals surface area contributed by atoms with Crippen molar-refractivity contribution < 1.29 is 14.3 Å². The summed E-state index contributed by atoms with van der Waals surface area (Å²) in [6.07, 6.45) is -0.241. The molecule has 0 atom stereocenters. The average Bonchev–Trinajstić information content (AvgIpc) is 2.46. The summed E-state index contributed by atoms with van der Waals surface area (Å²) < 4.78 is 10.5. The number of methoxy groups -OCH3 is 1. The second-order valence-electron chi connectivity index (χ2n) is 4.60. The molecule has 0 aromatic heterocycles. The predicted molar refractivity (Wildman–Crippen MR) is 72.4 cm³/mol. The van der Waals surface area contributed by atoms with Gasteiger partial charge in [0.15, 0.2) is 0 Å². The first-order valence-electron chi connectivity index (χ1n) is 6.46. The van der Waals surface area contributed by atoms with Crippen molar-refractivity contribution >= 4 is 6.09 Å². The van der Waals surface area contributed by atoms with E-state index in [4.69, 9.17) is 9.47 Å². The van der Waals surface area contributed by atoms with Crippen LogP contribution in [0.15, 0.2) is 18.2 Å². The molecule has 2 rings (SSSR count). The molecule has 0 spiro atoms. The van der Waals surface area contributed by atoms with Crippen LogP contribution in [0.5, 0.6) is 5.75 Å². The standard InChI is InChI=1S/C14H20N2O3/c1-11-9-12(3-4-13(11)18-2)10-19-14(17)16-7-5-15-6-8-16/h3-4,9,15H,5-8,10H2,1-2H3. The zero-order valence-corrected chi connectivity index (χ0v) is 11.4. The molecule has 0 bridgehead atoms. The van der Waals surface area contributed by atoms with Gasteiger partial charge in [-0.2, -0.15) is 0 Å². The molecule has 0 aliphatic carbocycles. The van der Waals surface area contributed by atoms with Crippen LogP contribution in [0.2, 0.25) is 0 Å². The fourth-order valence-electron chi connectivity index (χ4n) is 2.11. The van der Waals surface area contributed by atoms with E-state index in [2.05, 4.69) is 5.32 Å². The highest BCUT2D eigenvalue weighted by Crippen LogP contribution is 2.19. The van der Waals surface area contributed by atoms with Crippen LogP contribution in [0.1, 0.15) is 11.1 Å². The van der Waals surface area contributed by atoms with Crippen molar-refractivity contribution in [2.24, 2.45) is 0 Å². The highest BCUT2D eigenvalue weighted by atomic mass is 16.6. The molecule has 1 aliphatic heterocycles. The number of nitrogens with one attached hydrogen (secondary N) is 1. The minimum absolute atomic E-state index is 0.241. The quantitative estimate of drug-likeness (QED) is 0.900. The minimum atomic E-state index is -0.241. The van der Waals surface area contributed by atoms with Crippen LogP contribution in [-0.2, 0) is 11.3 Å². The van der Waals surface area contributed by atoms with Crippen LogP contribution in [0, 0.1) is 6.92 Å². The lowest BCUT2D eigenvalue weighted by Crippen LogP contribution is -2.46. The highest BCUT2D eigenvalue weighted by Gasteiger charge is 2.17. The summed E-state index contributed by atoms with van der Waals surface area (Å²) in [4.78, 5) is 13.6. The summed E-state index contributed by atoms with van der Waals surface area (Å²) in [6.45, 7) is 5.35. The molecule has 1 heterocycles. The number of carbonyl (C=O) groups excluding carboxylic acids is 1. The van der Waals surface area contributed by atoms with E-state index in [9.17, 15) is 4.79 Å². The van der Waals surface area contributed by atoms with Gasteiger partial charge in [-0.25, -0.2) is 4.79 Å². The van der Waals surface area contributed by atoms with Crippen molar-refractivity contribution in [3.05, 3.63) is 29.3 Å². The number of piperazine rings is 1. The summed E-state index contributed by atoms with van der Waals surface area (Å²) in [5.74, 6) is 0.845. The Morgan fingerprint density at radius 3 is 2.74 bits per heavy atom. The van der Waals surface area contributed by atoms with Gasteiger partial charge in [0.2, 0.25) is 0 Å². The van der Waals surface area contributed by atoms with Crippen LogP contribution >= 0.6 is 0 Å². The maximum absolute atomic E-state index is 11.8.